The van der Waals surface area contributed by atoms with E-state index in [1.807, 2.05) is 54.6 Å². The van der Waals surface area contributed by atoms with Crippen LogP contribution in [0.1, 0.15) is 25.0 Å². The van der Waals surface area contributed by atoms with Gasteiger partial charge in [-0.05, 0) is 30.2 Å². The first kappa shape index (κ1) is 14.1. The highest BCUT2D eigenvalue weighted by Crippen LogP contribution is 2.16. The number of oxime groups is 1. The van der Waals surface area contributed by atoms with E-state index in [1.54, 1.807) is 0 Å². The Bertz CT molecular complexity index is 559. The Kier molecular flexibility index (Phi) is 4.77. The number of hydrogen-bond donors (Lipinski definition) is 1. The second kappa shape index (κ2) is 6.75. The minimum atomic E-state index is 0.494. The minimum absolute atomic E-state index is 0.494. The van der Waals surface area contributed by atoms with Crippen LogP contribution >= 0.6 is 0 Å². The standard InChI is InChI=1S/C17H19NO2/c1-13(2)12-20-16-10-8-15(9-11-16)17(18-19)14-6-4-3-5-7-14/h3-11,13,19H,12H2,1-2H3/b18-17+. The van der Waals surface area contributed by atoms with Gasteiger partial charge in [0, 0.05) is 11.1 Å². The van der Waals surface area contributed by atoms with Gasteiger partial charge in [-0.15, -0.1) is 0 Å². The van der Waals surface area contributed by atoms with Gasteiger partial charge in [-0.3, -0.25) is 0 Å². The quantitative estimate of drug-likeness (QED) is 0.507. The molecule has 104 valence electrons. The summed E-state index contributed by atoms with van der Waals surface area (Å²) in [6, 6.07) is 17.2. The van der Waals surface area contributed by atoms with Gasteiger partial charge >= 0.3 is 0 Å². The lowest BCUT2D eigenvalue weighted by Crippen LogP contribution is -2.06. The Labute approximate surface area is 119 Å². The molecule has 0 spiro atoms. The van der Waals surface area contributed by atoms with Gasteiger partial charge in [-0.1, -0.05) is 49.3 Å². The molecule has 0 saturated heterocycles. The molecule has 0 fully saturated rings. The minimum Gasteiger partial charge on any atom is -0.493 e. The number of benzene rings is 2. The van der Waals surface area contributed by atoms with Crippen LogP contribution in [0.15, 0.2) is 59.8 Å². The van der Waals surface area contributed by atoms with E-state index in [4.69, 9.17) is 4.74 Å². The molecule has 0 unspecified atom stereocenters. The Morgan fingerprint density at radius 1 is 1.00 bits per heavy atom. The van der Waals surface area contributed by atoms with Crippen LogP contribution < -0.4 is 4.74 Å². The molecule has 0 saturated carbocycles. The van der Waals surface area contributed by atoms with Crippen molar-refractivity contribution in [3.05, 3.63) is 65.7 Å². The second-order valence-corrected chi connectivity index (χ2v) is 5.04. The van der Waals surface area contributed by atoms with Crippen molar-refractivity contribution in [3.8, 4) is 5.75 Å². The largest absolute Gasteiger partial charge is 0.493 e. The molecule has 2 aromatic rings. The topological polar surface area (TPSA) is 41.8 Å². The van der Waals surface area contributed by atoms with Crippen LogP contribution in [0.4, 0.5) is 0 Å². The average Bonchev–Trinajstić information content (AvgIpc) is 2.48. The molecule has 3 heteroatoms. The van der Waals surface area contributed by atoms with Gasteiger partial charge in [0.25, 0.3) is 0 Å². The predicted octanol–water partition coefficient (Wildman–Crippen LogP) is 3.95. The summed E-state index contributed by atoms with van der Waals surface area (Å²) in [7, 11) is 0. The lowest BCUT2D eigenvalue weighted by atomic mass is 10.0. The number of rotatable bonds is 5. The van der Waals surface area contributed by atoms with Crippen molar-refractivity contribution in [1.29, 1.82) is 0 Å². The van der Waals surface area contributed by atoms with Gasteiger partial charge in [0.15, 0.2) is 0 Å². The summed E-state index contributed by atoms with van der Waals surface area (Å²) >= 11 is 0. The molecular formula is C17H19NO2. The third kappa shape index (κ3) is 3.60. The van der Waals surface area contributed by atoms with Crippen LogP contribution in [0.2, 0.25) is 0 Å². The first-order valence-electron chi connectivity index (χ1n) is 6.71. The van der Waals surface area contributed by atoms with Crippen LogP contribution in [-0.2, 0) is 0 Å². The lowest BCUT2D eigenvalue weighted by molar-refractivity contribution is 0.271. The van der Waals surface area contributed by atoms with Gasteiger partial charge in [-0.2, -0.15) is 0 Å². The molecule has 3 nitrogen and oxygen atoms in total. The molecule has 0 aliphatic rings. The molecule has 0 aromatic heterocycles. The fraction of sp³-hybridized carbons (Fsp3) is 0.235. The summed E-state index contributed by atoms with van der Waals surface area (Å²) in [4.78, 5) is 0. The van der Waals surface area contributed by atoms with Gasteiger partial charge in [0.2, 0.25) is 0 Å². The Balaban J connectivity index is 2.16. The molecule has 0 aliphatic heterocycles. The molecule has 2 rings (SSSR count). The molecule has 0 bridgehead atoms. The molecule has 2 aromatic carbocycles. The molecule has 0 heterocycles. The highest BCUT2D eigenvalue weighted by Gasteiger charge is 2.07. The summed E-state index contributed by atoms with van der Waals surface area (Å²) < 4.78 is 5.64. The van der Waals surface area contributed by atoms with Gasteiger partial charge in [0.1, 0.15) is 11.5 Å². The molecule has 1 N–H and O–H groups in total. The maximum atomic E-state index is 9.24. The zero-order valence-electron chi connectivity index (χ0n) is 11.8. The number of ether oxygens (including phenoxy) is 1. The van der Waals surface area contributed by atoms with Gasteiger partial charge < -0.3 is 9.94 Å². The fourth-order valence-corrected chi connectivity index (χ4v) is 1.85. The van der Waals surface area contributed by atoms with E-state index < -0.39 is 0 Å². The van der Waals surface area contributed by atoms with Crippen molar-refractivity contribution in [2.75, 3.05) is 6.61 Å². The van der Waals surface area contributed by atoms with Crippen molar-refractivity contribution in [2.24, 2.45) is 11.1 Å². The van der Waals surface area contributed by atoms with Crippen molar-refractivity contribution >= 4 is 5.71 Å². The van der Waals surface area contributed by atoms with E-state index in [2.05, 4.69) is 19.0 Å². The summed E-state index contributed by atoms with van der Waals surface area (Å²) in [6.45, 7) is 4.92. The van der Waals surface area contributed by atoms with Crippen molar-refractivity contribution < 1.29 is 9.94 Å². The van der Waals surface area contributed by atoms with E-state index in [-0.39, 0.29) is 0 Å². The van der Waals surface area contributed by atoms with E-state index in [9.17, 15) is 5.21 Å². The van der Waals surface area contributed by atoms with Crippen LogP contribution in [0.25, 0.3) is 0 Å². The Hall–Kier alpha value is -2.29. The van der Waals surface area contributed by atoms with E-state index >= 15 is 0 Å². The molecular weight excluding hydrogens is 250 g/mol. The Morgan fingerprint density at radius 3 is 2.15 bits per heavy atom. The molecule has 0 radical (unpaired) electrons. The SMILES string of the molecule is CC(C)COc1ccc(/C(=N/O)c2ccccc2)cc1. The molecule has 0 atom stereocenters. The third-order valence-electron chi connectivity index (χ3n) is 2.86. The summed E-state index contributed by atoms with van der Waals surface area (Å²) in [5.74, 6) is 1.32. The van der Waals surface area contributed by atoms with Crippen LogP contribution in [0.5, 0.6) is 5.75 Å². The Morgan fingerprint density at radius 2 is 1.60 bits per heavy atom. The third-order valence-corrected chi connectivity index (χ3v) is 2.86. The molecule has 0 amide bonds. The number of hydrogen-bond acceptors (Lipinski definition) is 3. The highest BCUT2D eigenvalue weighted by atomic mass is 16.5. The summed E-state index contributed by atoms with van der Waals surface area (Å²) in [5.41, 5.74) is 2.29. The highest BCUT2D eigenvalue weighted by molar-refractivity contribution is 6.12. The molecule has 20 heavy (non-hydrogen) atoms. The average molecular weight is 269 g/mol. The van der Waals surface area contributed by atoms with E-state index in [0.717, 1.165) is 16.9 Å². The van der Waals surface area contributed by atoms with Gasteiger partial charge in [-0.25, -0.2) is 0 Å². The molecule has 0 aliphatic carbocycles. The van der Waals surface area contributed by atoms with Crippen molar-refractivity contribution in [1.82, 2.24) is 0 Å². The maximum absolute atomic E-state index is 9.24. The summed E-state index contributed by atoms with van der Waals surface area (Å²) in [6.07, 6.45) is 0. The zero-order chi connectivity index (χ0) is 14.4. The second-order valence-electron chi connectivity index (χ2n) is 5.04. The number of nitrogens with zero attached hydrogens (tertiary/aromatic N) is 1. The zero-order valence-corrected chi connectivity index (χ0v) is 11.8. The van der Waals surface area contributed by atoms with Crippen LogP contribution in [0.3, 0.4) is 0 Å². The van der Waals surface area contributed by atoms with E-state index in [0.29, 0.717) is 18.2 Å². The monoisotopic (exact) mass is 269 g/mol. The van der Waals surface area contributed by atoms with Crippen molar-refractivity contribution in [2.45, 2.75) is 13.8 Å². The predicted molar refractivity (Wildman–Crippen MR) is 80.6 cm³/mol. The normalized spacial score (nSPS) is 11.7. The smallest absolute Gasteiger partial charge is 0.119 e. The first-order valence-corrected chi connectivity index (χ1v) is 6.71. The fourth-order valence-electron chi connectivity index (χ4n) is 1.85. The van der Waals surface area contributed by atoms with Crippen LogP contribution in [-0.4, -0.2) is 17.5 Å². The lowest BCUT2D eigenvalue weighted by Gasteiger charge is -2.10. The van der Waals surface area contributed by atoms with Crippen LogP contribution in [0, 0.1) is 5.92 Å². The van der Waals surface area contributed by atoms with E-state index in [1.165, 1.54) is 0 Å². The first-order chi connectivity index (χ1) is 9.70. The van der Waals surface area contributed by atoms with Gasteiger partial charge in [0.05, 0.1) is 6.61 Å². The maximum Gasteiger partial charge on any atom is 0.119 e. The van der Waals surface area contributed by atoms with Crippen molar-refractivity contribution in [3.63, 3.8) is 0 Å². The summed E-state index contributed by atoms with van der Waals surface area (Å²) in [5, 5.41) is 12.6.